The molecule has 1 N–H and O–H groups in total. The third-order valence-electron chi connectivity index (χ3n) is 4.67. The largest absolute Gasteiger partial charge is 0.495 e. The molecule has 28 heavy (non-hydrogen) atoms. The summed E-state index contributed by atoms with van der Waals surface area (Å²) in [6.45, 7) is 5.24. The molecule has 1 saturated heterocycles. The molecule has 0 spiro atoms. The predicted molar refractivity (Wildman–Crippen MR) is 112 cm³/mol. The van der Waals surface area contributed by atoms with E-state index in [2.05, 4.69) is 22.2 Å². The SMILES string of the molecule is COc1ccc(Cl)cc1N(CC(=O)NCCCN1CCN(C)CC1)S(C)(=O)=O. The van der Waals surface area contributed by atoms with Gasteiger partial charge in [-0.3, -0.25) is 9.10 Å². The highest BCUT2D eigenvalue weighted by atomic mass is 35.5. The summed E-state index contributed by atoms with van der Waals surface area (Å²) >= 11 is 6.00. The van der Waals surface area contributed by atoms with Gasteiger partial charge in [-0.05, 0) is 38.2 Å². The zero-order chi connectivity index (χ0) is 20.7. The third-order valence-corrected chi connectivity index (χ3v) is 6.03. The second-order valence-electron chi connectivity index (χ2n) is 6.93. The molecule has 1 aromatic rings. The summed E-state index contributed by atoms with van der Waals surface area (Å²) in [6, 6.07) is 4.65. The molecule has 1 aromatic carbocycles. The monoisotopic (exact) mass is 432 g/mol. The summed E-state index contributed by atoms with van der Waals surface area (Å²) in [7, 11) is -0.147. The Morgan fingerprint density at radius 3 is 2.57 bits per heavy atom. The molecule has 0 aliphatic carbocycles. The number of methoxy groups -OCH3 is 1. The van der Waals surface area contributed by atoms with E-state index in [1.807, 2.05) is 0 Å². The van der Waals surface area contributed by atoms with Crippen molar-refractivity contribution in [2.45, 2.75) is 6.42 Å². The number of sulfonamides is 1. The molecule has 0 bridgehead atoms. The zero-order valence-electron chi connectivity index (χ0n) is 16.6. The molecule has 158 valence electrons. The van der Waals surface area contributed by atoms with Crippen LogP contribution in [0.4, 0.5) is 5.69 Å². The first-order chi connectivity index (χ1) is 13.2. The average molecular weight is 433 g/mol. The maximum Gasteiger partial charge on any atom is 0.240 e. The molecule has 0 unspecified atom stereocenters. The zero-order valence-corrected chi connectivity index (χ0v) is 18.2. The van der Waals surface area contributed by atoms with Crippen LogP contribution in [-0.2, 0) is 14.8 Å². The smallest absolute Gasteiger partial charge is 0.240 e. The average Bonchev–Trinajstić information content (AvgIpc) is 2.64. The Morgan fingerprint density at radius 2 is 1.96 bits per heavy atom. The minimum Gasteiger partial charge on any atom is -0.495 e. The van der Waals surface area contributed by atoms with Gasteiger partial charge < -0.3 is 19.9 Å². The number of hydrogen-bond donors (Lipinski definition) is 1. The van der Waals surface area contributed by atoms with Crippen molar-refractivity contribution in [3.05, 3.63) is 23.2 Å². The fourth-order valence-corrected chi connectivity index (χ4v) is 4.05. The summed E-state index contributed by atoms with van der Waals surface area (Å²) in [4.78, 5) is 17.0. The Labute approximate surface area is 172 Å². The molecule has 1 aliphatic rings. The summed E-state index contributed by atoms with van der Waals surface area (Å²) in [5.74, 6) is -0.0384. The van der Waals surface area contributed by atoms with Crippen molar-refractivity contribution in [3.63, 3.8) is 0 Å². The Bertz CT molecular complexity index is 767. The Hall–Kier alpha value is -1.55. The first kappa shape index (κ1) is 22.7. The van der Waals surface area contributed by atoms with Gasteiger partial charge >= 0.3 is 0 Å². The minimum atomic E-state index is -3.69. The number of halogens is 1. The number of carbonyl (C=O) groups is 1. The van der Waals surface area contributed by atoms with E-state index >= 15 is 0 Å². The number of nitrogens with one attached hydrogen (secondary N) is 1. The topological polar surface area (TPSA) is 82.2 Å². The van der Waals surface area contributed by atoms with Crippen molar-refractivity contribution >= 4 is 33.2 Å². The molecule has 1 heterocycles. The number of rotatable bonds is 9. The van der Waals surface area contributed by atoms with Crippen LogP contribution in [0.3, 0.4) is 0 Å². The summed E-state index contributed by atoms with van der Waals surface area (Å²) in [5.41, 5.74) is 0.241. The Balaban J connectivity index is 1.91. The standard InChI is InChI=1S/C18H29ClN4O4S/c1-21-9-11-22(12-10-21)8-4-7-20-18(24)14-23(28(3,25)26)16-13-15(19)5-6-17(16)27-2/h5-6,13H,4,7-12,14H2,1-3H3,(H,20,24). The van der Waals surface area contributed by atoms with Gasteiger partial charge in [0.2, 0.25) is 15.9 Å². The number of hydrogen-bond acceptors (Lipinski definition) is 6. The van der Waals surface area contributed by atoms with Gasteiger partial charge in [0, 0.05) is 37.7 Å². The Morgan fingerprint density at radius 1 is 1.29 bits per heavy atom. The van der Waals surface area contributed by atoms with Crippen LogP contribution in [0.2, 0.25) is 5.02 Å². The second-order valence-corrected chi connectivity index (χ2v) is 9.28. The minimum absolute atomic E-state index is 0.241. The summed E-state index contributed by atoms with van der Waals surface area (Å²) in [6.07, 6.45) is 1.86. The van der Waals surface area contributed by atoms with Crippen molar-refractivity contribution in [2.24, 2.45) is 0 Å². The molecule has 1 amide bonds. The summed E-state index contributed by atoms with van der Waals surface area (Å²) < 4.78 is 30.7. The fourth-order valence-electron chi connectivity index (χ4n) is 3.03. The number of amides is 1. The van der Waals surface area contributed by atoms with E-state index in [9.17, 15) is 13.2 Å². The van der Waals surface area contributed by atoms with Crippen molar-refractivity contribution < 1.29 is 17.9 Å². The highest BCUT2D eigenvalue weighted by molar-refractivity contribution is 7.92. The van der Waals surface area contributed by atoms with Gasteiger partial charge in [-0.25, -0.2) is 8.42 Å². The van der Waals surface area contributed by atoms with Gasteiger partial charge in [0.25, 0.3) is 0 Å². The molecule has 1 aliphatic heterocycles. The van der Waals surface area contributed by atoms with Crippen LogP contribution >= 0.6 is 11.6 Å². The number of nitrogens with zero attached hydrogens (tertiary/aromatic N) is 3. The second kappa shape index (κ2) is 10.3. The first-order valence-electron chi connectivity index (χ1n) is 9.19. The van der Waals surface area contributed by atoms with Crippen molar-refractivity contribution in [3.8, 4) is 5.75 Å². The van der Waals surface area contributed by atoms with E-state index < -0.39 is 10.0 Å². The highest BCUT2D eigenvalue weighted by Gasteiger charge is 2.24. The van der Waals surface area contributed by atoms with E-state index in [-0.39, 0.29) is 18.1 Å². The van der Waals surface area contributed by atoms with Gasteiger partial charge in [0.1, 0.15) is 12.3 Å². The lowest BCUT2D eigenvalue weighted by molar-refractivity contribution is -0.119. The van der Waals surface area contributed by atoms with Crippen LogP contribution in [-0.4, -0.2) is 90.4 Å². The molecule has 0 saturated carbocycles. The van der Waals surface area contributed by atoms with Gasteiger partial charge in [-0.1, -0.05) is 11.6 Å². The molecule has 0 radical (unpaired) electrons. The van der Waals surface area contributed by atoms with Gasteiger partial charge in [0.15, 0.2) is 0 Å². The van der Waals surface area contributed by atoms with Crippen LogP contribution in [0.15, 0.2) is 18.2 Å². The predicted octanol–water partition coefficient (Wildman–Crippen LogP) is 0.868. The number of carbonyl (C=O) groups excluding carboxylic acids is 1. The normalized spacial score (nSPS) is 16.0. The molecular weight excluding hydrogens is 404 g/mol. The number of ether oxygens (including phenoxy) is 1. The van der Waals surface area contributed by atoms with Crippen LogP contribution in [0.5, 0.6) is 5.75 Å². The van der Waals surface area contributed by atoms with Gasteiger partial charge in [-0.15, -0.1) is 0 Å². The van der Waals surface area contributed by atoms with Crippen LogP contribution < -0.4 is 14.4 Å². The van der Waals surface area contributed by atoms with Crippen LogP contribution in [0, 0.1) is 0 Å². The van der Waals surface area contributed by atoms with E-state index in [0.29, 0.717) is 17.3 Å². The molecule has 2 rings (SSSR count). The first-order valence-corrected chi connectivity index (χ1v) is 11.4. The fraction of sp³-hybridized carbons (Fsp3) is 0.611. The quantitative estimate of drug-likeness (QED) is 0.583. The molecule has 0 aromatic heterocycles. The lowest BCUT2D eigenvalue weighted by Crippen LogP contribution is -2.45. The summed E-state index contributed by atoms with van der Waals surface area (Å²) in [5, 5.41) is 3.16. The van der Waals surface area contributed by atoms with Crippen LogP contribution in [0.1, 0.15) is 6.42 Å². The maximum atomic E-state index is 12.3. The van der Waals surface area contributed by atoms with E-state index in [1.54, 1.807) is 12.1 Å². The molecule has 10 heteroatoms. The lowest BCUT2D eigenvalue weighted by atomic mass is 10.3. The molecule has 1 fully saturated rings. The van der Waals surface area contributed by atoms with E-state index in [1.165, 1.54) is 13.2 Å². The van der Waals surface area contributed by atoms with Gasteiger partial charge in [-0.2, -0.15) is 0 Å². The van der Waals surface area contributed by atoms with E-state index in [4.69, 9.17) is 16.3 Å². The van der Waals surface area contributed by atoms with Gasteiger partial charge in [0.05, 0.1) is 19.1 Å². The maximum absolute atomic E-state index is 12.3. The van der Waals surface area contributed by atoms with Crippen molar-refractivity contribution in [2.75, 3.05) is 70.5 Å². The highest BCUT2D eigenvalue weighted by Crippen LogP contribution is 2.32. The number of likely N-dealkylation sites (N-methyl/N-ethyl adjacent to an activating group) is 1. The van der Waals surface area contributed by atoms with Crippen molar-refractivity contribution in [1.82, 2.24) is 15.1 Å². The lowest BCUT2D eigenvalue weighted by Gasteiger charge is -2.32. The van der Waals surface area contributed by atoms with E-state index in [0.717, 1.165) is 49.7 Å². The molecule has 8 nitrogen and oxygen atoms in total. The number of anilines is 1. The number of piperazine rings is 1. The van der Waals surface area contributed by atoms with Crippen LogP contribution in [0.25, 0.3) is 0 Å². The molecule has 0 atom stereocenters. The molecular formula is C18H29ClN4O4S. The van der Waals surface area contributed by atoms with Crippen molar-refractivity contribution in [1.29, 1.82) is 0 Å². The Kier molecular flexibility index (Phi) is 8.36. The number of benzene rings is 1. The third kappa shape index (κ3) is 6.80.